The van der Waals surface area contributed by atoms with Crippen LogP contribution in [0.1, 0.15) is 29.5 Å². The molecule has 0 aliphatic heterocycles. The summed E-state index contributed by atoms with van der Waals surface area (Å²) in [6.45, 7) is 1.22. The average molecular weight is 310 g/mol. The van der Waals surface area contributed by atoms with Gasteiger partial charge in [-0.05, 0) is 50.0 Å². The van der Waals surface area contributed by atoms with Gasteiger partial charge in [0.1, 0.15) is 6.61 Å². The van der Waals surface area contributed by atoms with Crippen LogP contribution in [0.2, 0.25) is 0 Å². The number of carbonyl (C=O) groups excluding carboxylic acids is 1. The zero-order valence-electron chi connectivity index (χ0n) is 12.8. The molecular weight excluding hydrogens is 286 g/mol. The minimum Gasteiger partial charge on any atom is -0.464 e. The molecule has 0 unspecified atom stereocenters. The number of halogens is 1. The van der Waals surface area contributed by atoms with Crippen LogP contribution >= 0.6 is 12.4 Å². The first kappa shape index (κ1) is 17.7. The fourth-order valence-corrected chi connectivity index (χ4v) is 2.32. The summed E-state index contributed by atoms with van der Waals surface area (Å²) in [5.41, 5.74) is 3.66. The smallest absolute Gasteiger partial charge is 0.310 e. The second-order valence-electron chi connectivity index (χ2n) is 5.53. The lowest BCUT2D eigenvalue weighted by Crippen LogP contribution is -2.20. The number of hydrogen-bond donors (Lipinski definition) is 0. The van der Waals surface area contributed by atoms with Gasteiger partial charge in [-0.2, -0.15) is 0 Å². The van der Waals surface area contributed by atoms with Gasteiger partial charge in [0.25, 0.3) is 0 Å². The number of hydrogen-bond acceptors (Lipinski definition) is 3. The number of nitrogens with zero attached hydrogens (tertiary/aromatic N) is 1. The second kappa shape index (κ2) is 8.85. The quantitative estimate of drug-likeness (QED) is 0.783. The zero-order valence-corrected chi connectivity index (χ0v) is 13.6. The highest BCUT2D eigenvalue weighted by Gasteiger charge is 2.08. The first-order valence-corrected chi connectivity index (χ1v) is 7.24. The van der Waals surface area contributed by atoms with Crippen LogP contribution in [-0.4, -0.2) is 38.1 Å². The molecule has 0 radical (unpaired) electrons. The number of ether oxygens (including phenoxy) is 1. The standard InChI is InChI=1S/C17H23NO2.ClH/c1-18(2)10-11-20-17(19)13-14-8-9-15-6-4-3-5-7-16(15)12-14;/h5,7-9,12H,3-4,6,10-11,13H2,1-2H3;1H. The van der Waals surface area contributed by atoms with Crippen LogP contribution in [-0.2, 0) is 22.4 Å². The Hall–Kier alpha value is -1.32. The highest BCUT2D eigenvalue weighted by molar-refractivity contribution is 5.85. The first-order chi connectivity index (χ1) is 9.65. The molecule has 0 spiro atoms. The molecule has 4 heteroatoms. The minimum atomic E-state index is -0.149. The molecule has 0 N–H and O–H groups in total. The molecule has 1 aliphatic rings. The summed E-state index contributed by atoms with van der Waals surface area (Å²) in [5, 5.41) is 0. The summed E-state index contributed by atoms with van der Waals surface area (Å²) in [5.74, 6) is -0.149. The van der Waals surface area contributed by atoms with Crippen molar-refractivity contribution >= 4 is 24.5 Å². The maximum Gasteiger partial charge on any atom is 0.310 e. The van der Waals surface area contributed by atoms with Crippen molar-refractivity contribution in [3.05, 3.63) is 41.0 Å². The van der Waals surface area contributed by atoms with Crippen LogP contribution in [0.3, 0.4) is 0 Å². The molecule has 0 saturated heterocycles. The molecule has 1 aliphatic carbocycles. The van der Waals surface area contributed by atoms with Crippen LogP contribution in [0.4, 0.5) is 0 Å². The van der Waals surface area contributed by atoms with Gasteiger partial charge in [0, 0.05) is 6.54 Å². The largest absolute Gasteiger partial charge is 0.464 e. The van der Waals surface area contributed by atoms with Gasteiger partial charge < -0.3 is 9.64 Å². The predicted molar refractivity (Wildman–Crippen MR) is 88.9 cm³/mol. The average Bonchev–Trinajstić information content (AvgIpc) is 2.62. The number of allylic oxidation sites excluding steroid dienone is 1. The fourth-order valence-electron chi connectivity index (χ4n) is 2.32. The monoisotopic (exact) mass is 309 g/mol. The number of esters is 1. The number of rotatable bonds is 5. The first-order valence-electron chi connectivity index (χ1n) is 7.24. The van der Waals surface area contributed by atoms with Gasteiger partial charge in [-0.1, -0.05) is 30.4 Å². The summed E-state index contributed by atoms with van der Waals surface area (Å²) in [4.78, 5) is 13.8. The molecule has 0 bridgehead atoms. The Morgan fingerprint density at radius 2 is 2.14 bits per heavy atom. The van der Waals surface area contributed by atoms with Gasteiger partial charge in [-0.25, -0.2) is 0 Å². The zero-order chi connectivity index (χ0) is 14.4. The van der Waals surface area contributed by atoms with Crippen molar-refractivity contribution < 1.29 is 9.53 Å². The number of carbonyl (C=O) groups is 1. The Morgan fingerprint density at radius 3 is 2.90 bits per heavy atom. The van der Waals surface area contributed by atoms with E-state index in [1.807, 2.05) is 25.1 Å². The third kappa shape index (κ3) is 5.90. The number of aryl methyl sites for hydroxylation is 1. The summed E-state index contributed by atoms with van der Waals surface area (Å²) in [6, 6.07) is 6.31. The molecule has 116 valence electrons. The Balaban J connectivity index is 0.00000220. The van der Waals surface area contributed by atoms with Crippen LogP contribution < -0.4 is 0 Å². The maximum atomic E-state index is 11.8. The van der Waals surface area contributed by atoms with Gasteiger partial charge in [0.15, 0.2) is 0 Å². The van der Waals surface area contributed by atoms with Gasteiger partial charge in [-0.15, -0.1) is 12.4 Å². The van der Waals surface area contributed by atoms with Crippen LogP contribution in [0.25, 0.3) is 6.08 Å². The topological polar surface area (TPSA) is 29.5 Å². The molecule has 0 heterocycles. The normalized spacial score (nSPS) is 13.3. The van der Waals surface area contributed by atoms with Crippen molar-refractivity contribution in [3.8, 4) is 0 Å². The molecule has 0 fully saturated rings. The Labute approximate surface area is 133 Å². The van der Waals surface area contributed by atoms with E-state index in [0.717, 1.165) is 24.9 Å². The molecule has 3 nitrogen and oxygen atoms in total. The van der Waals surface area contributed by atoms with Gasteiger partial charge in [0.2, 0.25) is 0 Å². The lowest BCUT2D eigenvalue weighted by Gasteiger charge is -2.10. The van der Waals surface area contributed by atoms with Gasteiger partial charge in [-0.3, -0.25) is 4.79 Å². The van der Waals surface area contributed by atoms with Crippen LogP contribution in [0, 0.1) is 0 Å². The van der Waals surface area contributed by atoms with Gasteiger partial charge >= 0.3 is 5.97 Å². The Kier molecular flexibility index (Phi) is 7.48. The third-order valence-electron chi connectivity index (χ3n) is 3.47. The number of likely N-dealkylation sites (N-methyl/N-ethyl adjacent to an activating group) is 1. The highest BCUT2D eigenvalue weighted by Crippen LogP contribution is 2.20. The molecule has 0 amide bonds. The van der Waals surface area contributed by atoms with Crippen molar-refractivity contribution in [2.24, 2.45) is 0 Å². The molecule has 21 heavy (non-hydrogen) atoms. The molecule has 1 aromatic rings. The second-order valence-corrected chi connectivity index (χ2v) is 5.53. The lowest BCUT2D eigenvalue weighted by atomic mass is 10.0. The van der Waals surface area contributed by atoms with Crippen molar-refractivity contribution in [2.45, 2.75) is 25.7 Å². The summed E-state index contributed by atoms with van der Waals surface area (Å²) < 4.78 is 5.23. The van der Waals surface area contributed by atoms with Crippen molar-refractivity contribution in [1.29, 1.82) is 0 Å². The molecule has 0 atom stereocenters. The maximum absolute atomic E-state index is 11.8. The Morgan fingerprint density at radius 1 is 1.33 bits per heavy atom. The number of benzene rings is 1. The van der Waals surface area contributed by atoms with E-state index < -0.39 is 0 Å². The number of fused-ring (bicyclic) bond motifs is 1. The van der Waals surface area contributed by atoms with Crippen molar-refractivity contribution in [1.82, 2.24) is 4.90 Å². The summed E-state index contributed by atoms with van der Waals surface area (Å²) in [7, 11) is 3.93. The molecule has 0 aromatic heterocycles. The molecule has 1 aromatic carbocycles. The van der Waals surface area contributed by atoms with E-state index in [-0.39, 0.29) is 18.4 Å². The van der Waals surface area contributed by atoms with E-state index in [9.17, 15) is 4.79 Å². The predicted octanol–water partition coefficient (Wildman–Crippen LogP) is 3.11. The lowest BCUT2D eigenvalue weighted by molar-refractivity contribution is -0.143. The highest BCUT2D eigenvalue weighted by atomic mass is 35.5. The summed E-state index contributed by atoms with van der Waals surface area (Å²) in [6.07, 6.45) is 8.20. The summed E-state index contributed by atoms with van der Waals surface area (Å²) >= 11 is 0. The van der Waals surface area contributed by atoms with Crippen molar-refractivity contribution in [3.63, 3.8) is 0 Å². The third-order valence-corrected chi connectivity index (χ3v) is 3.47. The van der Waals surface area contributed by atoms with Gasteiger partial charge in [0.05, 0.1) is 6.42 Å². The van der Waals surface area contributed by atoms with E-state index in [1.165, 1.54) is 17.5 Å². The van der Waals surface area contributed by atoms with Crippen molar-refractivity contribution in [2.75, 3.05) is 27.2 Å². The van der Waals surface area contributed by atoms with E-state index in [2.05, 4.69) is 24.3 Å². The van der Waals surface area contributed by atoms with E-state index in [0.29, 0.717) is 13.0 Å². The van der Waals surface area contributed by atoms with E-state index >= 15 is 0 Å². The molecular formula is C17H24ClNO2. The molecule has 0 saturated carbocycles. The minimum absolute atomic E-state index is 0. The SMILES string of the molecule is CN(C)CCOC(=O)Cc1ccc2c(c1)C=CCCC2.Cl. The Bertz CT molecular complexity index is 498. The molecule has 2 rings (SSSR count). The van der Waals surface area contributed by atoms with Crippen LogP contribution in [0.15, 0.2) is 24.3 Å². The van der Waals surface area contributed by atoms with Crippen LogP contribution in [0.5, 0.6) is 0 Å². The van der Waals surface area contributed by atoms with E-state index in [4.69, 9.17) is 4.74 Å². The van der Waals surface area contributed by atoms with E-state index in [1.54, 1.807) is 0 Å². The fraction of sp³-hybridized carbons (Fsp3) is 0.471.